The molecule has 1 aliphatic rings. The van der Waals surface area contributed by atoms with E-state index in [9.17, 15) is 19.5 Å². The molecule has 0 heterocycles. The minimum absolute atomic E-state index is 0.0440. The monoisotopic (exact) mass is 258 g/mol. The fourth-order valence-corrected chi connectivity index (χ4v) is 2.02. The Bertz CT molecular complexity index is 686. The highest BCUT2D eigenvalue weighted by Gasteiger charge is 2.35. The van der Waals surface area contributed by atoms with E-state index in [4.69, 9.17) is 11.1 Å². The second-order valence-electron chi connectivity index (χ2n) is 4.08. The van der Waals surface area contributed by atoms with Crippen molar-refractivity contribution in [3.05, 3.63) is 40.5 Å². The van der Waals surface area contributed by atoms with Gasteiger partial charge < -0.3 is 10.8 Å². The van der Waals surface area contributed by atoms with Crippen LogP contribution in [0.2, 0.25) is 0 Å². The average molecular weight is 258 g/mol. The molecule has 96 valence electrons. The molecule has 1 aromatic rings. The molecule has 0 bridgehead atoms. The molecule has 6 nitrogen and oxygen atoms in total. The van der Waals surface area contributed by atoms with E-state index in [1.807, 2.05) is 0 Å². The number of ketones is 2. The Morgan fingerprint density at radius 2 is 1.95 bits per heavy atom. The second-order valence-corrected chi connectivity index (χ2v) is 4.08. The van der Waals surface area contributed by atoms with Crippen LogP contribution >= 0.6 is 0 Å². The summed E-state index contributed by atoms with van der Waals surface area (Å²) in [6, 6.07) is 4.30. The first-order valence-corrected chi connectivity index (χ1v) is 5.37. The van der Waals surface area contributed by atoms with E-state index in [0.29, 0.717) is 0 Å². The lowest BCUT2D eigenvalue weighted by atomic mass is 9.84. The van der Waals surface area contributed by atoms with Crippen molar-refractivity contribution in [3.8, 4) is 0 Å². The van der Waals surface area contributed by atoms with Gasteiger partial charge in [0.1, 0.15) is 17.0 Å². The number of amides is 1. The van der Waals surface area contributed by atoms with Crippen molar-refractivity contribution in [2.45, 2.75) is 6.92 Å². The summed E-state index contributed by atoms with van der Waals surface area (Å²) < 4.78 is 0. The number of hydrogen-bond acceptors (Lipinski definition) is 5. The number of fused-ring (bicyclic) bond motifs is 1. The Balaban J connectivity index is 2.87. The van der Waals surface area contributed by atoms with Crippen LogP contribution in [0.1, 0.15) is 33.2 Å². The highest BCUT2D eigenvalue weighted by molar-refractivity contribution is 6.58. The van der Waals surface area contributed by atoms with Gasteiger partial charge >= 0.3 is 0 Å². The average Bonchev–Trinajstić information content (AvgIpc) is 2.35. The molecule has 1 aromatic carbocycles. The standard InChI is InChI=1S/C13H10N2O4/c1-5(16)6-3-2-4-7-8(6)12(18)10(14)9(11(7)17)13(15)19/h2-4,14,17H,1H3,(H2,15,19). The summed E-state index contributed by atoms with van der Waals surface area (Å²) in [6.07, 6.45) is 0. The first-order chi connectivity index (χ1) is 8.86. The first kappa shape index (κ1) is 12.7. The fraction of sp³-hybridized carbons (Fsp3) is 0.0769. The van der Waals surface area contributed by atoms with E-state index in [1.54, 1.807) is 0 Å². The van der Waals surface area contributed by atoms with Crippen LogP contribution in [0.4, 0.5) is 0 Å². The SMILES string of the molecule is CC(=O)c1cccc2c1C(=O)C(=N)C(C(N)=O)=C2O. The van der Waals surface area contributed by atoms with E-state index in [1.165, 1.54) is 25.1 Å². The smallest absolute Gasteiger partial charge is 0.254 e. The van der Waals surface area contributed by atoms with Gasteiger partial charge in [-0.2, -0.15) is 0 Å². The number of nitrogens with two attached hydrogens (primary N) is 1. The van der Waals surface area contributed by atoms with Crippen LogP contribution in [0, 0.1) is 5.41 Å². The molecule has 0 aromatic heterocycles. The van der Waals surface area contributed by atoms with Crippen LogP contribution in [0.15, 0.2) is 23.8 Å². The van der Waals surface area contributed by atoms with E-state index < -0.39 is 28.7 Å². The zero-order valence-corrected chi connectivity index (χ0v) is 9.98. The number of benzene rings is 1. The van der Waals surface area contributed by atoms with Crippen molar-refractivity contribution < 1.29 is 19.5 Å². The van der Waals surface area contributed by atoms with Gasteiger partial charge in [0.2, 0.25) is 5.78 Å². The number of carbonyl (C=O) groups is 3. The van der Waals surface area contributed by atoms with Gasteiger partial charge in [-0.25, -0.2) is 0 Å². The molecule has 0 unspecified atom stereocenters. The Morgan fingerprint density at radius 3 is 2.47 bits per heavy atom. The van der Waals surface area contributed by atoms with Crippen molar-refractivity contribution >= 4 is 28.9 Å². The molecule has 0 saturated heterocycles. The highest BCUT2D eigenvalue weighted by Crippen LogP contribution is 2.30. The summed E-state index contributed by atoms with van der Waals surface area (Å²) in [5.41, 5.74) is 3.89. The van der Waals surface area contributed by atoms with E-state index in [-0.39, 0.29) is 22.5 Å². The number of Topliss-reactive ketones (excluding diaryl/α,β-unsaturated/α-hetero) is 2. The van der Waals surface area contributed by atoms with Crippen molar-refractivity contribution in [1.82, 2.24) is 0 Å². The highest BCUT2D eigenvalue weighted by atomic mass is 16.3. The van der Waals surface area contributed by atoms with Crippen LogP contribution in [0.3, 0.4) is 0 Å². The van der Waals surface area contributed by atoms with Crippen LogP contribution in [0.25, 0.3) is 5.76 Å². The summed E-state index contributed by atoms with van der Waals surface area (Å²) in [5, 5.41) is 17.6. The van der Waals surface area contributed by atoms with E-state index in [0.717, 1.165) is 0 Å². The molecule has 4 N–H and O–H groups in total. The topological polar surface area (TPSA) is 121 Å². The number of carbonyl (C=O) groups excluding carboxylic acids is 3. The summed E-state index contributed by atoms with van der Waals surface area (Å²) in [4.78, 5) is 34.7. The Hall–Kier alpha value is -2.76. The molecule has 0 aliphatic heterocycles. The van der Waals surface area contributed by atoms with Gasteiger partial charge in [0.25, 0.3) is 5.91 Å². The number of aliphatic hydroxyl groups excluding tert-OH is 1. The number of rotatable bonds is 2. The summed E-state index contributed by atoms with van der Waals surface area (Å²) in [5.74, 6) is -2.77. The minimum Gasteiger partial charge on any atom is -0.506 e. The molecule has 1 amide bonds. The van der Waals surface area contributed by atoms with Crippen molar-refractivity contribution in [1.29, 1.82) is 5.41 Å². The molecule has 0 spiro atoms. The lowest BCUT2D eigenvalue weighted by Crippen LogP contribution is -2.32. The Labute approximate surface area is 108 Å². The summed E-state index contributed by atoms with van der Waals surface area (Å²) in [7, 11) is 0. The predicted molar refractivity (Wildman–Crippen MR) is 67.2 cm³/mol. The fourth-order valence-electron chi connectivity index (χ4n) is 2.02. The van der Waals surface area contributed by atoms with Gasteiger partial charge in [0.15, 0.2) is 5.78 Å². The molecule has 19 heavy (non-hydrogen) atoms. The molecule has 0 atom stereocenters. The van der Waals surface area contributed by atoms with Gasteiger partial charge in [0.05, 0.1) is 0 Å². The lowest BCUT2D eigenvalue weighted by Gasteiger charge is -2.19. The number of nitrogens with one attached hydrogen (secondary N) is 1. The van der Waals surface area contributed by atoms with Gasteiger partial charge in [-0.3, -0.25) is 19.8 Å². The number of aliphatic hydroxyl groups is 1. The van der Waals surface area contributed by atoms with Crippen LogP contribution in [-0.2, 0) is 4.79 Å². The van der Waals surface area contributed by atoms with Gasteiger partial charge in [0, 0.05) is 16.7 Å². The normalized spacial score (nSPS) is 14.4. The predicted octanol–water partition coefficient (Wildman–Crippen LogP) is 0.860. The quantitative estimate of drug-likeness (QED) is 0.681. The van der Waals surface area contributed by atoms with Gasteiger partial charge in [-0.1, -0.05) is 18.2 Å². The molecular weight excluding hydrogens is 248 g/mol. The molecular formula is C13H10N2O4. The minimum atomic E-state index is -1.06. The number of primary amides is 1. The maximum absolute atomic E-state index is 12.1. The first-order valence-electron chi connectivity index (χ1n) is 5.37. The maximum atomic E-state index is 12.1. The van der Waals surface area contributed by atoms with Gasteiger partial charge in [-0.15, -0.1) is 0 Å². The summed E-state index contributed by atoms with van der Waals surface area (Å²) in [6.45, 7) is 1.27. The Morgan fingerprint density at radius 1 is 1.32 bits per heavy atom. The molecule has 1 aliphatic carbocycles. The van der Waals surface area contributed by atoms with Crippen LogP contribution in [0.5, 0.6) is 0 Å². The Kier molecular flexibility index (Phi) is 2.78. The van der Waals surface area contributed by atoms with Crippen molar-refractivity contribution in [2.75, 3.05) is 0 Å². The van der Waals surface area contributed by atoms with Crippen LogP contribution < -0.4 is 5.73 Å². The lowest BCUT2D eigenvalue weighted by molar-refractivity contribution is -0.114. The van der Waals surface area contributed by atoms with Crippen LogP contribution in [-0.4, -0.2) is 28.3 Å². The zero-order chi connectivity index (χ0) is 14.3. The van der Waals surface area contributed by atoms with Gasteiger partial charge in [-0.05, 0) is 6.92 Å². The number of hydrogen-bond donors (Lipinski definition) is 3. The zero-order valence-electron chi connectivity index (χ0n) is 9.98. The molecule has 2 rings (SSSR count). The molecule has 0 fully saturated rings. The van der Waals surface area contributed by atoms with E-state index >= 15 is 0 Å². The maximum Gasteiger partial charge on any atom is 0.254 e. The largest absolute Gasteiger partial charge is 0.506 e. The third kappa shape index (κ3) is 1.74. The van der Waals surface area contributed by atoms with Crippen molar-refractivity contribution in [3.63, 3.8) is 0 Å². The third-order valence-corrected chi connectivity index (χ3v) is 2.89. The molecule has 6 heteroatoms. The molecule has 0 radical (unpaired) electrons. The molecule has 0 saturated carbocycles. The second kappa shape index (κ2) is 4.16. The van der Waals surface area contributed by atoms with Crippen molar-refractivity contribution in [2.24, 2.45) is 5.73 Å². The third-order valence-electron chi connectivity index (χ3n) is 2.89. The van der Waals surface area contributed by atoms with E-state index in [2.05, 4.69) is 0 Å². The summed E-state index contributed by atoms with van der Waals surface area (Å²) >= 11 is 0.